The van der Waals surface area contributed by atoms with E-state index in [0.717, 1.165) is 11.3 Å². The number of carbonyl (C=O) groups is 2. The number of hydrogen-bond donors (Lipinski definition) is 0. The molecule has 7 heteroatoms. The molecule has 0 aliphatic carbocycles. The first kappa shape index (κ1) is 20.2. The third kappa shape index (κ3) is 4.14. The second-order valence-electron chi connectivity index (χ2n) is 6.76. The van der Waals surface area contributed by atoms with Gasteiger partial charge in [0.2, 0.25) is 5.91 Å². The third-order valence-electron chi connectivity index (χ3n) is 4.41. The van der Waals surface area contributed by atoms with Crippen LogP contribution in [0.2, 0.25) is 0 Å². The minimum absolute atomic E-state index is 0.0467. The highest BCUT2D eigenvalue weighted by atomic mass is 32.2. The van der Waals surface area contributed by atoms with Crippen molar-refractivity contribution in [3.63, 3.8) is 0 Å². The van der Waals surface area contributed by atoms with Crippen molar-refractivity contribution in [2.24, 2.45) is 4.99 Å². The molecule has 0 spiro atoms. The first-order chi connectivity index (χ1) is 13.4. The fourth-order valence-corrected chi connectivity index (χ4v) is 4.18. The first-order valence-corrected chi connectivity index (χ1v) is 10.2. The fraction of sp³-hybridized carbons (Fsp3) is 0.381. The Bertz CT molecular complexity index is 873. The maximum Gasteiger partial charge on any atom is 0.338 e. The quantitative estimate of drug-likeness (QED) is 0.706. The predicted molar refractivity (Wildman–Crippen MR) is 111 cm³/mol. The second kappa shape index (κ2) is 8.65. The van der Waals surface area contributed by atoms with E-state index in [2.05, 4.69) is 4.99 Å². The molecule has 1 aromatic carbocycles. The Hall–Kier alpha value is -2.54. The monoisotopic (exact) mass is 400 g/mol. The molecule has 1 saturated heterocycles. The summed E-state index contributed by atoms with van der Waals surface area (Å²) in [5, 5.41) is 0.629. The number of ether oxygens (including phenoxy) is 2. The van der Waals surface area contributed by atoms with Crippen LogP contribution < -0.4 is 4.74 Å². The van der Waals surface area contributed by atoms with E-state index < -0.39 is 12.0 Å². The lowest BCUT2D eigenvalue weighted by Crippen LogP contribution is -2.49. The van der Waals surface area contributed by atoms with Crippen molar-refractivity contribution in [2.45, 2.75) is 39.3 Å². The topological polar surface area (TPSA) is 68.2 Å². The summed E-state index contributed by atoms with van der Waals surface area (Å²) in [6.07, 6.45) is 3.86. The van der Waals surface area contributed by atoms with Gasteiger partial charge >= 0.3 is 5.97 Å². The second-order valence-corrected chi connectivity index (χ2v) is 7.82. The molecule has 0 bridgehead atoms. The number of aliphatic imine (C=N–C) groups is 1. The standard InChI is InChI=1S/C21H24N2O4S/c1-13(2)27-20(25)19-14(3)22-21-23(18(24)11-12-28-21)16(19)10-9-15-7-5-6-8-17(15)26-4/h5-10,13,16H,11-12H2,1-4H3/b10-9+/t16-/m0/s1. The van der Waals surface area contributed by atoms with Crippen LogP contribution in [0.25, 0.3) is 6.08 Å². The molecule has 3 rings (SSSR count). The number of rotatable bonds is 5. The Morgan fingerprint density at radius 3 is 2.82 bits per heavy atom. The van der Waals surface area contributed by atoms with Gasteiger partial charge < -0.3 is 9.47 Å². The van der Waals surface area contributed by atoms with Crippen LogP contribution in [0.3, 0.4) is 0 Å². The van der Waals surface area contributed by atoms with Gasteiger partial charge in [0.1, 0.15) is 5.75 Å². The average molecular weight is 401 g/mol. The SMILES string of the molecule is COc1ccccc1/C=C/[C@H]1C(C(=O)OC(C)C)=C(C)N=C2SCCC(=O)N21. The van der Waals surface area contributed by atoms with E-state index >= 15 is 0 Å². The summed E-state index contributed by atoms with van der Waals surface area (Å²) in [4.78, 5) is 31.6. The highest BCUT2D eigenvalue weighted by Crippen LogP contribution is 2.33. The number of nitrogens with zero attached hydrogens (tertiary/aromatic N) is 2. The van der Waals surface area contributed by atoms with Gasteiger partial charge in [-0.1, -0.05) is 42.1 Å². The van der Waals surface area contributed by atoms with E-state index in [1.807, 2.05) is 36.4 Å². The lowest BCUT2D eigenvalue weighted by Gasteiger charge is -2.37. The maximum absolute atomic E-state index is 12.8. The molecule has 6 nitrogen and oxygen atoms in total. The van der Waals surface area contributed by atoms with Gasteiger partial charge in [0.05, 0.1) is 30.5 Å². The van der Waals surface area contributed by atoms with Crippen LogP contribution in [0, 0.1) is 0 Å². The highest BCUT2D eigenvalue weighted by molar-refractivity contribution is 8.14. The first-order valence-electron chi connectivity index (χ1n) is 9.19. The lowest BCUT2D eigenvalue weighted by molar-refractivity contribution is -0.143. The molecule has 1 fully saturated rings. The molecule has 0 N–H and O–H groups in total. The van der Waals surface area contributed by atoms with Gasteiger partial charge in [0, 0.05) is 17.7 Å². The zero-order valence-corrected chi connectivity index (χ0v) is 17.3. The normalized spacial score (nSPS) is 19.8. The fourth-order valence-electron chi connectivity index (χ4n) is 3.16. The Morgan fingerprint density at radius 2 is 2.11 bits per heavy atom. The van der Waals surface area contributed by atoms with Crippen LogP contribution in [0.5, 0.6) is 5.75 Å². The Morgan fingerprint density at radius 1 is 1.36 bits per heavy atom. The number of thioether (sulfide) groups is 1. The molecule has 28 heavy (non-hydrogen) atoms. The largest absolute Gasteiger partial charge is 0.496 e. The van der Waals surface area contributed by atoms with Crippen molar-refractivity contribution >= 4 is 34.9 Å². The number of para-hydroxylation sites is 1. The number of carbonyl (C=O) groups excluding carboxylic acids is 2. The van der Waals surface area contributed by atoms with Crippen molar-refractivity contribution in [3.8, 4) is 5.75 Å². The molecule has 0 saturated carbocycles. The Balaban J connectivity index is 2.04. The van der Waals surface area contributed by atoms with Gasteiger partial charge in [0.15, 0.2) is 5.17 Å². The summed E-state index contributed by atoms with van der Waals surface area (Å²) in [5.41, 5.74) is 1.83. The number of benzene rings is 1. The zero-order chi connectivity index (χ0) is 20.3. The predicted octanol–water partition coefficient (Wildman–Crippen LogP) is 3.64. The third-order valence-corrected chi connectivity index (χ3v) is 5.36. The number of hydrogen-bond acceptors (Lipinski definition) is 6. The van der Waals surface area contributed by atoms with Crippen molar-refractivity contribution in [1.29, 1.82) is 0 Å². The van der Waals surface area contributed by atoms with Crippen molar-refractivity contribution in [3.05, 3.63) is 47.2 Å². The molecular weight excluding hydrogens is 376 g/mol. The zero-order valence-electron chi connectivity index (χ0n) is 16.5. The summed E-state index contributed by atoms with van der Waals surface area (Å²) in [6.45, 7) is 5.38. The van der Waals surface area contributed by atoms with Crippen LogP contribution in [0.4, 0.5) is 0 Å². The number of allylic oxidation sites excluding steroid dienone is 1. The van der Waals surface area contributed by atoms with E-state index in [9.17, 15) is 9.59 Å². The summed E-state index contributed by atoms with van der Waals surface area (Å²) in [7, 11) is 1.61. The van der Waals surface area contributed by atoms with E-state index in [1.165, 1.54) is 11.8 Å². The summed E-state index contributed by atoms with van der Waals surface area (Å²) >= 11 is 1.53. The molecule has 0 aromatic heterocycles. The van der Waals surface area contributed by atoms with Gasteiger partial charge in [-0.2, -0.15) is 0 Å². The smallest absolute Gasteiger partial charge is 0.338 e. The van der Waals surface area contributed by atoms with E-state index in [0.29, 0.717) is 28.6 Å². The van der Waals surface area contributed by atoms with Crippen molar-refractivity contribution < 1.29 is 19.1 Å². The summed E-state index contributed by atoms with van der Waals surface area (Å²) in [5.74, 6) is 0.911. The van der Waals surface area contributed by atoms with Gasteiger partial charge in [0.25, 0.3) is 0 Å². The van der Waals surface area contributed by atoms with E-state index in [-0.39, 0.29) is 12.0 Å². The van der Waals surface area contributed by atoms with Crippen molar-refractivity contribution in [1.82, 2.24) is 4.90 Å². The molecule has 2 aliphatic heterocycles. The lowest BCUT2D eigenvalue weighted by atomic mass is 10.00. The molecule has 148 valence electrons. The van der Waals surface area contributed by atoms with Gasteiger partial charge in [-0.25, -0.2) is 9.79 Å². The molecule has 0 radical (unpaired) electrons. The van der Waals surface area contributed by atoms with E-state index in [4.69, 9.17) is 9.47 Å². The number of amidine groups is 1. The molecule has 2 aliphatic rings. The summed E-state index contributed by atoms with van der Waals surface area (Å²) < 4.78 is 10.8. The van der Waals surface area contributed by atoms with Gasteiger partial charge in [-0.3, -0.25) is 9.69 Å². The average Bonchev–Trinajstić information content (AvgIpc) is 2.65. The molecule has 2 heterocycles. The van der Waals surface area contributed by atoms with Gasteiger partial charge in [-0.15, -0.1) is 0 Å². The Labute approximate surface area is 169 Å². The van der Waals surface area contributed by atoms with E-state index in [1.54, 1.807) is 32.8 Å². The minimum atomic E-state index is -0.566. The number of esters is 1. The van der Waals surface area contributed by atoms with Crippen LogP contribution >= 0.6 is 11.8 Å². The highest BCUT2D eigenvalue weighted by Gasteiger charge is 2.39. The Kier molecular flexibility index (Phi) is 6.24. The van der Waals surface area contributed by atoms with Crippen LogP contribution in [0.15, 0.2) is 46.6 Å². The maximum atomic E-state index is 12.8. The van der Waals surface area contributed by atoms with Crippen LogP contribution in [-0.4, -0.2) is 47.0 Å². The summed E-state index contributed by atoms with van der Waals surface area (Å²) in [6, 6.07) is 7.02. The molecule has 0 unspecified atom stereocenters. The number of methoxy groups -OCH3 is 1. The van der Waals surface area contributed by atoms with Crippen LogP contribution in [-0.2, 0) is 14.3 Å². The van der Waals surface area contributed by atoms with Gasteiger partial charge in [-0.05, 0) is 26.8 Å². The van der Waals surface area contributed by atoms with Crippen molar-refractivity contribution in [2.75, 3.05) is 12.9 Å². The number of fused-ring (bicyclic) bond motifs is 1. The molecular formula is C21H24N2O4S. The number of amides is 1. The molecule has 1 amide bonds. The molecule has 1 atom stereocenters. The molecule has 1 aromatic rings. The minimum Gasteiger partial charge on any atom is -0.496 e. The van der Waals surface area contributed by atoms with Crippen LogP contribution in [0.1, 0.15) is 32.8 Å².